The topological polar surface area (TPSA) is 40.3 Å². The number of imidazole rings is 3. The molecule has 0 amide bonds. The zero-order valence-electron chi connectivity index (χ0n) is 27.1. The molecule has 6 nitrogen and oxygen atoms in total. The van der Waals surface area contributed by atoms with Gasteiger partial charge >= 0.3 is 21.1 Å². The van der Waals surface area contributed by atoms with Crippen LogP contribution in [0.2, 0.25) is 0 Å². The summed E-state index contributed by atoms with van der Waals surface area (Å²) in [5.74, 6) is 1.97. The van der Waals surface area contributed by atoms with Crippen molar-refractivity contribution in [2.75, 3.05) is 0 Å². The van der Waals surface area contributed by atoms with Gasteiger partial charge in [0.05, 0.1) is 16.7 Å². The molecule has 238 valence electrons. The Hall–Kier alpha value is -5.45. The molecule has 0 aliphatic heterocycles. The number of benzene rings is 6. The summed E-state index contributed by atoms with van der Waals surface area (Å²) in [7, 11) is 0. The van der Waals surface area contributed by atoms with Crippen molar-refractivity contribution < 1.29 is 30.4 Å². The van der Waals surface area contributed by atoms with Gasteiger partial charge in [0, 0.05) is 17.2 Å². The van der Waals surface area contributed by atoms with Gasteiger partial charge in [0.2, 0.25) is 0 Å². The van der Waals surface area contributed by atoms with Crippen molar-refractivity contribution in [2.24, 2.45) is 0 Å². The quantitative estimate of drug-likeness (QED) is 0.129. The smallest absolute Gasteiger partial charge is 0.510 e. The van der Waals surface area contributed by atoms with Gasteiger partial charge in [0.25, 0.3) is 6.33 Å². The first-order valence-corrected chi connectivity index (χ1v) is 16.0. The second kappa shape index (κ2) is 11.9. The van der Waals surface area contributed by atoms with E-state index in [1.807, 2.05) is 83.4 Å². The largest absolute Gasteiger partial charge is 4.00 e. The number of aromatic nitrogens is 5. The summed E-state index contributed by atoms with van der Waals surface area (Å²) < 4.78 is 14.9. The van der Waals surface area contributed by atoms with Crippen molar-refractivity contribution in [3.63, 3.8) is 0 Å². The van der Waals surface area contributed by atoms with Crippen LogP contribution >= 0.6 is 0 Å². The summed E-state index contributed by atoms with van der Waals surface area (Å²) in [5.41, 5.74) is 9.74. The first-order valence-electron chi connectivity index (χ1n) is 16.0. The van der Waals surface area contributed by atoms with Gasteiger partial charge in [-0.2, -0.15) is 30.3 Å². The zero-order valence-corrected chi connectivity index (χ0v) is 29.4. The summed E-state index contributed by atoms with van der Waals surface area (Å²) >= 11 is 0. The molecule has 0 unspecified atom stereocenters. The molecule has 7 heteroatoms. The summed E-state index contributed by atoms with van der Waals surface area (Å²) in [5, 5.41) is 0. The van der Waals surface area contributed by atoms with E-state index in [0.717, 1.165) is 55.9 Å². The third kappa shape index (κ3) is 5.15. The number of hydrogen-bond donors (Lipinski definition) is 0. The predicted octanol–water partition coefficient (Wildman–Crippen LogP) is 8.94. The van der Waals surface area contributed by atoms with Gasteiger partial charge < -0.3 is 18.3 Å². The van der Waals surface area contributed by atoms with E-state index < -0.39 is 0 Å². The number of ether oxygens (including phenoxy) is 1. The molecule has 3 heterocycles. The van der Waals surface area contributed by atoms with Crippen molar-refractivity contribution in [1.29, 1.82) is 0 Å². The maximum Gasteiger partial charge on any atom is 4.00 e. The van der Waals surface area contributed by atoms with Crippen LogP contribution in [-0.2, 0) is 26.5 Å². The van der Waals surface area contributed by atoms with Gasteiger partial charge in [0.1, 0.15) is 0 Å². The van der Waals surface area contributed by atoms with Gasteiger partial charge in [-0.05, 0) is 57.4 Å². The van der Waals surface area contributed by atoms with Gasteiger partial charge in [-0.15, -0.1) is 35.9 Å². The van der Waals surface area contributed by atoms with E-state index in [0.29, 0.717) is 11.5 Å². The van der Waals surface area contributed by atoms with Crippen LogP contribution in [0.3, 0.4) is 0 Å². The van der Waals surface area contributed by atoms with Crippen LogP contribution in [0.4, 0.5) is 0 Å². The van der Waals surface area contributed by atoms with Crippen LogP contribution in [-0.4, -0.2) is 18.5 Å². The van der Waals surface area contributed by atoms with Crippen LogP contribution in [0.1, 0.15) is 26.3 Å². The fourth-order valence-corrected chi connectivity index (χ4v) is 6.54. The molecule has 0 bridgehead atoms. The molecule has 3 aromatic heterocycles. The maximum atomic E-state index is 6.48. The Morgan fingerprint density at radius 3 is 2.22 bits per heavy atom. The molecule has 49 heavy (non-hydrogen) atoms. The van der Waals surface area contributed by atoms with Gasteiger partial charge in [0.15, 0.2) is 5.78 Å². The number of rotatable bonds is 5. The van der Waals surface area contributed by atoms with E-state index in [1.54, 1.807) is 0 Å². The Balaban J connectivity index is 0.00000348. The average molecular weight is 816 g/mol. The summed E-state index contributed by atoms with van der Waals surface area (Å²) in [6.07, 6.45) is 3.53. The van der Waals surface area contributed by atoms with Crippen molar-refractivity contribution in [2.45, 2.75) is 26.2 Å². The molecule has 0 N–H and O–H groups in total. The van der Waals surface area contributed by atoms with E-state index >= 15 is 0 Å². The Labute approximate surface area is 298 Å². The van der Waals surface area contributed by atoms with Crippen LogP contribution in [0.25, 0.3) is 55.9 Å². The number of fused-ring (bicyclic) bond motifs is 6. The Bertz CT molecular complexity index is 2630. The SMILES string of the molecule is CC(C)(C)c1cc[c-]c2c1nc1n(-c3ccccc3)c3ccc(Oc4[c-]c(-n5[c-][n+](-c6ccccc6)c6ccccc65)ccc4)[c-]c3n21.[Pt+4]. The second-order valence-electron chi connectivity index (χ2n) is 12.9. The van der Waals surface area contributed by atoms with Crippen LogP contribution in [0, 0.1) is 24.5 Å². The third-order valence-electron chi connectivity index (χ3n) is 8.74. The van der Waals surface area contributed by atoms with Gasteiger partial charge in [-0.1, -0.05) is 81.4 Å². The molecular formula is C42H30N5OPt+. The Kier molecular flexibility index (Phi) is 7.50. The fraction of sp³-hybridized carbons (Fsp3) is 0.0952. The molecule has 0 radical (unpaired) electrons. The maximum absolute atomic E-state index is 6.48. The molecule has 0 saturated heterocycles. The van der Waals surface area contributed by atoms with Crippen LogP contribution in [0.15, 0.2) is 127 Å². The van der Waals surface area contributed by atoms with E-state index in [2.05, 4.69) is 107 Å². The Morgan fingerprint density at radius 1 is 0.694 bits per heavy atom. The number of para-hydroxylation sites is 4. The molecular weight excluding hydrogens is 786 g/mol. The standard InChI is InChI=1S/C42H30N5O.Pt/c1-42(2,3)34-20-13-23-38-40(34)43-41-46(30-16-8-5-9-17-30)37-25-24-33(27-39(37)47(38)41)48-32-19-12-18-31(26-32)45-28-44(29-14-6-4-7-15-29)35-21-10-11-22-36(35)45;/h4-22,24-25H,1-3H3;/q-3;+4. The Morgan fingerprint density at radius 2 is 1.43 bits per heavy atom. The first-order chi connectivity index (χ1) is 23.4. The minimum atomic E-state index is -0.0816. The monoisotopic (exact) mass is 815 g/mol. The normalized spacial score (nSPS) is 11.8. The molecule has 0 aliphatic carbocycles. The fourth-order valence-electron chi connectivity index (χ4n) is 6.54. The summed E-state index contributed by atoms with van der Waals surface area (Å²) in [6.45, 7) is 6.65. The number of nitrogens with zero attached hydrogens (tertiary/aromatic N) is 5. The zero-order chi connectivity index (χ0) is 32.4. The minimum absolute atomic E-state index is 0. The van der Waals surface area contributed by atoms with Crippen molar-refractivity contribution in [3.8, 4) is 28.6 Å². The van der Waals surface area contributed by atoms with Crippen LogP contribution in [0.5, 0.6) is 11.5 Å². The molecule has 0 fully saturated rings. The predicted molar refractivity (Wildman–Crippen MR) is 188 cm³/mol. The van der Waals surface area contributed by atoms with Gasteiger partial charge in [-0.25, -0.2) is 0 Å². The molecule has 0 spiro atoms. The number of hydrogen-bond acceptors (Lipinski definition) is 2. The van der Waals surface area contributed by atoms with Crippen LogP contribution < -0.4 is 9.30 Å². The van der Waals surface area contributed by atoms with E-state index in [9.17, 15) is 0 Å². The summed E-state index contributed by atoms with van der Waals surface area (Å²) in [4.78, 5) is 5.22. The van der Waals surface area contributed by atoms with Crippen molar-refractivity contribution in [3.05, 3.63) is 157 Å². The summed E-state index contributed by atoms with van der Waals surface area (Å²) in [6, 6.07) is 53.4. The molecule has 6 aromatic carbocycles. The third-order valence-corrected chi connectivity index (χ3v) is 8.74. The van der Waals surface area contributed by atoms with E-state index in [1.165, 1.54) is 5.56 Å². The van der Waals surface area contributed by atoms with E-state index in [-0.39, 0.29) is 26.5 Å². The molecule has 0 saturated carbocycles. The molecule has 0 atom stereocenters. The van der Waals surface area contributed by atoms with E-state index in [4.69, 9.17) is 9.72 Å². The molecule has 9 aromatic rings. The molecule has 0 aliphatic rings. The van der Waals surface area contributed by atoms with Crippen molar-refractivity contribution >= 4 is 38.9 Å². The molecule has 9 rings (SSSR count). The first kappa shape index (κ1) is 30.9. The van der Waals surface area contributed by atoms with Gasteiger partial charge in [-0.3, -0.25) is 9.55 Å². The van der Waals surface area contributed by atoms with Crippen molar-refractivity contribution in [1.82, 2.24) is 18.5 Å². The second-order valence-corrected chi connectivity index (χ2v) is 12.9. The minimum Gasteiger partial charge on any atom is -0.510 e. The average Bonchev–Trinajstić information content (AvgIpc) is 3.78.